The number of carbonyl (C=O) groups is 1. The number of nitrogens with one attached hydrogen (secondary N) is 1. The highest BCUT2D eigenvalue weighted by Crippen LogP contribution is 2.41. The summed E-state index contributed by atoms with van der Waals surface area (Å²) in [4.78, 5) is 12.6. The predicted molar refractivity (Wildman–Crippen MR) is 108 cm³/mol. The molecule has 1 amide bonds. The zero-order valence-electron chi connectivity index (χ0n) is 17.0. The van der Waals surface area contributed by atoms with Crippen molar-refractivity contribution in [3.63, 3.8) is 0 Å². The van der Waals surface area contributed by atoms with Crippen LogP contribution in [0.4, 0.5) is 4.39 Å². The molecule has 1 aliphatic rings. The summed E-state index contributed by atoms with van der Waals surface area (Å²) in [5.74, 6) is -0.268. The smallest absolute Gasteiger partial charge is 0.222 e. The van der Waals surface area contributed by atoms with Crippen LogP contribution in [0.1, 0.15) is 49.7 Å². The number of halogens is 1. The van der Waals surface area contributed by atoms with Gasteiger partial charge in [0.2, 0.25) is 5.91 Å². The Morgan fingerprint density at radius 2 is 2.00 bits per heavy atom. The lowest BCUT2D eigenvalue weighted by Gasteiger charge is -2.36. The van der Waals surface area contributed by atoms with Crippen LogP contribution in [0.5, 0.6) is 0 Å². The van der Waals surface area contributed by atoms with E-state index in [-0.39, 0.29) is 23.2 Å². The molecule has 0 radical (unpaired) electrons. The number of aromatic nitrogens is 4. The Morgan fingerprint density at radius 1 is 1.24 bits per heavy atom. The first kappa shape index (κ1) is 19.4. The van der Waals surface area contributed by atoms with Gasteiger partial charge in [-0.05, 0) is 55.5 Å². The fourth-order valence-corrected chi connectivity index (χ4v) is 4.08. The van der Waals surface area contributed by atoms with Crippen LogP contribution in [-0.2, 0) is 17.8 Å². The summed E-state index contributed by atoms with van der Waals surface area (Å²) in [6, 6.07) is 8.17. The van der Waals surface area contributed by atoms with E-state index in [1.54, 1.807) is 18.3 Å². The summed E-state index contributed by atoms with van der Waals surface area (Å²) >= 11 is 0. The lowest BCUT2D eigenvalue weighted by atomic mass is 9.74. The maximum Gasteiger partial charge on any atom is 0.222 e. The zero-order chi connectivity index (χ0) is 20.6. The van der Waals surface area contributed by atoms with Gasteiger partial charge < -0.3 is 5.32 Å². The monoisotopic (exact) mass is 395 g/mol. The molecule has 1 atom stereocenters. The van der Waals surface area contributed by atoms with Gasteiger partial charge in [-0.15, -0.1) is 0 Å². The highest BCUT2D eigenvalue weighted by molar-refractivity contribution is 5.76. The molecule has 0 saturated carbocycles. The van der Waals surface area contributed by atoms with Gasteiger partial charge in [0.15, 0.2) is 0 Å². The lowest BCUT2D eigenvalue weighted by Crippen LogP contribution is -2.37. The third-order valence-electron chi connectivity index (χ3n) is 5.57. The first-order valence-corrected chi connectivity index (χ1v) is 9.93. The molecular formula is C22H26FN5O. The van der Waals surface area contributed by atoms with E-state index in [1.165, 1.54) is 12.1 Å². The molecule has 7 heteroatoms. The van der Waals surface area contributed by atoms with Gasteiger partial charge >= 0.3 is 0 Å². The van der Waals surface area contributed by atoms with Crippen molar-refractivity contribution in [2.45, 2.75) is 52.6 Å². The SMILES string of the molecule is Cc1ccnn1CCC(=O)N[C@H]1CC(C)(C)Cc2c1cnn2-c1ccc(F)cc1. The van der Waals surface area contributed by atoms with Gasteiger partial charge in [0.1, 0.15) is 5.82 Å². The number of aryl methyl sites for hydroxylation is 2. The first-order valence-electron chi connectivity index (χ1n) is 9.93. The molecule has 0 unspecified atom stereocenters. The third kappa shape index (κ3) is 4.09. The van der Waals surface area contributed by atoms with E-state index < -0.39 is 0 Å². The molecule has 2 aromatic heterocycles. The van der Waals surface area contributed by atoms with Crippen LogP contribution < -0.4 is 5.32 Å². The Morgan fingerprint density at radius 3 is 2.69 bits per heavy atom. The molecule has 1 N–H and O–H groups in total. The fourth-order valence-electron chi connectivity index (χ4n) is 4.08. The molecule has 6 nitrogen and oxygen atoms in total. The topological polar surface area (TPSA) is 64.7 Å². The summed E-state index contributed by atoms with van der Waals surface area (Å²) < 4.78 is 17.0. The van der Waals surface area contributed by atoms with Crippen molar-refractivity contribution < 1.29 is 9.18 Å². The van der Waals surface area contributed by atoms with Crippen LogP contribution in [0.15, 0.2) is 42.7 Å². The van der Waals surface area contributed by atoms with E-state index in [2.05, 4.69) is 29.4 Å². The number of nitrogens with zero attached hydrogens (tertiary/aromatic N) is 4. The number of carbonyl (C=O) groups excluding carboxylic acids is 1. The molecule has 4 rings (SSSR count). The summed E-state index contributed by atoms with van der Waals surface area (Å²) in [6.45, 7) is 6.93. The third-order valence-corrected chi connectivity index (χ3v) is 5.57. The van der Waals surface area contributed by atoms with Gasteiger partial charge in [0.05, 0.1) is 23.6 Å². The van der Waals surface area contributed by atoms with Gasteiger partial charge in [0.25, 0.3) is 0 Å². The number of fused-ring (bicyclic) bond motifs is 1. The Kier molecular flexibility index (Phi) is 4.98. The Labute approximate surface area is 169 Å². The average molecular weight is 395 g/mol. The second-order valence-electron chi connectivity index (χ2n) is 8.55. The molecule has 0 saturated heterocycles. The van der Waals surface area contributed by atoms with E-state index >= 15 is 0 Å². The normalized spacial score (nSPS) is 17.7. The zero-order valence-corrected chi connectivity index (χ0v) is 17.0. The van der Waals surface area contributed by atoms with E-state index in [4.69, 9.17) is 0 Å². The Balaban J connectivity index is 1.54. The molecule has 0 fully saturated rings. The van der Waals surface area contributed by atoms with Crippen molar-refractivity contribution in [1.82, 2.24) is 24.9 Å². The number of rotatable bonds is 5. The second kappa shape index (κ2) is 7.46. The van der Waals surface area contributed by atoms with Gasteiger partial charge in [-0.3, -0.25) is 9.48 Å². The molecule has 29 heavy (non-hydrogen) atoms. The second-order valence-corrected chi connectivity index (χ2v) is 8.55. The van der Waals surface area contributed by atoms with Crippen molar-refractivity contribution in [3.05, 3.63) is 65.5 Å². The number of amides is 1. The lowest BCUT2D eigenvalue weighted by molar-refractivity contribution is -0.122. The molecule has 1 aromatic carbocycles. The molecule has 3 aromatic rings. The minimum absolute atomic E-state index is 0.00285. The molecule has 0 bridgehead atoms. The van der Waals surface area contributed by atoms with E-state index in [0.29, 0.717) is 13.0 Å². The summed E-state index contributed by atoms with van der Waals surface area (Å²) in [7, 11) is 0. The number of benzene rings is 1. The minimum Gasteiger partial charge on any atom is -0.349 e. The summed E-state index contributed by atoms with van der Waals surface area (Å²) in [6.07, 6.45) is 5.64. The van der Waals surface area contributed by atoms with Crippen LogP contribution >= 0.6 is 0 Å². The molecule has 0 spiro atoms. The van der Waals surface area contributed by atoms with Crippen LogP contribution in [0.25, 0.3) is 5.69 Å². The van der Waals surface area contributed by atoms with Crippen molar-refractivity contribution >= 4 is 5.91 Å². The maximum absolute atomic E-state index is 13.3. The number of hydrogen-bond acceptors (Lipinski definition) is 3. The molecule has 0 aliphatic heterocycles. The quantitative estimate of drug-likeness (QED) is 0.716. The fraction of sp³-hybridized carbons (Fsp3) is 0.409. The predicted octanol–water partition coefficient (Wildman–Crippen LogP) is 3.74. The van der Waals surface area contributed by atoms with Crippen molar-refractivity contribution in [3.8, 4) is 5.69 Å². The molecular weight excluding hydrogens is 369 g/mol. The van der Waals surface area contributed by atoms with Gasteiger partial charge in [0, 0.05) is 30.4 Å². The summed E-state index contributed by atoms with van der Waals surface area (Å²) in [5, 5.41) is 12.0. The average Bonchev–Trinajstić information content (AvgIpc) is 3.26. The van der Waals surface area contributed by atoms with Crippen LogP contribution in [0.2, 0.25) is 0 Å². The van der Waals surface area contributed by atoms with Crippen LogP contribution in [-0.4, -0.2) is 25.5 Å². The van der Waals surface area contributed by atoms with Crippen molar-refractivity contribution in [2.75, 3.05) is 0 Å². The Hall–Kier alpha value is -2.96. The highest BCUT2D eigenvalue weighted by atomic mass is 19.1. The standard InChI is InChI=1S/C22H26FN5O/c1-15-8-10-24-27(15)11-9-21(29)26-19-12-22(2,3)13-20-18(19)14-25-28(20)17-6-4-16(23)5-7-17/h4-8,10,14,19H,9,11-13H2,1-3H3,(H,26,29)/t19-/m0/s1. The van der Waals surface area contributed by atoms with Gasteiger partial charge in [-0.1, -0.05) is 13.8 Å². The maximum atomic E-state index is 13.3. The number of hydrogen-bond donors (Lipinski definition) is 1. The van der Waals surface area contributed by atoms with Crippen LogP contribution in [0, 0.1) is 18.2 Å². The van der Waals surface area contributed by atoms with Gasteiger partial charge in [-0.25, -0.2) is 9.07 Å². The van der Waals surface area contributed by atoms with Gasteiger partial charge in [-0.2, -0.15) is 10.2 Å². The molecule has 1 aliphatic carbocycles. The van der Waals surface area contributed by atoms with Crippen LogP contribution in [0.3, 0.4) is 0 Å². The molecule has 2 heterocycles. The largest absolute Gasteiger partial charge is 0.349 e. The van der Waals surface area contributed by atoms with Crippen molar-refractivity contribution in [1.29, 1.82) is 0 Å². The van der Waals surface area contributed by atoms with E-state index in [1.807, 2.05) is 28.6 Å². The summed E-state index contributed by atoms with van der Waals surface area (Å²) in [5.41, 5.74) is 3.99. The highest BCUT2D eigenvalue weighted by Gasteiger charge is 2.36. The minimum atomic E-state index is -0.271. The molecule has 152 valence electrons. The van der Waals surface area contributed by atoms with Crippen molar-refractivity contribution in [2.24, 2.45) is 5.41 Å². The Bertz CT molecular complexity index is 1020. The first-order chi connectivity index (χ1) is 13.8. The van der Waals surface area contributed by atoms with E-state index in [9.17, 15) is 9.18 Å². The van der Waals surface area contributed by atoms with E-state index in [0.717, 1.165) is 35.5 Å².